The maximum absolute atomic E-state index is 8.52. The molecular formula is AlO4STi+3. The summed E-state index contributed by atoms with van der Waals surface area (Å²) in [5, 5.41) is 0. The van der Waals surface area contributed by atoms with Gasteiger partial charge < -0.3 is 9.11 Å². The van der Waals surface area contributed by atoms with Gasteiger partial charge in [0.15, 0.2) is 0 Å². The number of hydrogen-bond acceptors (Lipinski definition) is 4. The van der Waals surface area contributed by atoms with Gasteiger partial charge in [0, 0.05) is 10.4 Å². The van der Waals surface area contributed by atoms with Gasteiger partial charge in [0.1, 0.15) is 0 Å². The van der Waals surface area contributed by atoms with Gasteiger partial charge in [0.2, 0.25) is 0 Å². The van der Waals surface area contributed by atoms with Crippen LogP contribution < -0.4 is 0 Å². The van der Waals surface area contributed by atoms with Crippen molar-refractivity contribution in [1.82, 2.24) is 0 Å². The Kier molecular flexibility index (Phi) is 11.8. The molecular weight excluding hydrogens is 171 g/mol. The minimum Gasteiger partial charge on any atom is -0.759 e. The van der Waals surface area contributed by atoms with E-state index < -0.39 is 10.4 Å². The Bertz CT molecular complexity index is 94.9. The van der Waals surface area contributed by atoms with E-state index in [1.807, 2.05) is 0 Å². The van der Waals surface area contributed by atoms with Crippen LogP contribution in [0.15, 0.2) is 0 Å². The Morgan fingerprint density at radius 1 is 1.14 bits per heavy atom. The van der Waals surface area contributed by atoms with Crippen molar-refractivity contribution < 1.29 is 39.2 Å². The zero-order chi connectivity index (χ0) is 4.50. The maximum atomic E-state index is 8.52. The summed E-state index contributed by atoms with van der Waals surface area (Å²) in [6, 6.07) is 0. The van der Waals surface area contributed by atoms with Gasteiger partial charge in [-0.2, -0.15) is 0 Å². The summed E-state index contributed by atoms with van der Waals surface area (Å²) < 4.78 is 34.1. The van der Waals surface area contributed by atoms with E-state index in [4.69, 9.17) is 17.5 Å². The summed E-state index contributed by atoms with van der Waals surface area (Å²) in [5.74, 6) is 0. The van der Waals surface area contributed by atoms with E-state index in [1.54, 1.807) is 0 Å². The predicted molar refractivity (Wildman–Crippen MR) is 16.2 cm³/mol. The van der Waals surface area contributed by atoms with E-state index in [0.29, 0.717) is 0 Å². The molecule has 0 spiro atoms. The van der Waals surface area contributed by atoms with Gasteiger partial charge in [-0.1, -0.05) is 0 Å². The van der Waals surface area contributed by atoms with Crippen LogP contribution in [0.3, 0.4) is 0 Å². The molecule has 0 N–H and O–H groups in total. The summed E-state index contributed by atoms with van der Waals surface area (Å²) >= 11 is 0. The Morgan fingerprint density at radius 3 is 1.14 bits per heavy atom. The van der Waals surface area contributed by atoms with E-state index in [9.17, 15) is 0 Å². The van der Waals surface area contributed by atoms with E-state index in [0.717, 1.165) is 0 Å². The molecule has 0 aromatic rings. The first-order valence-corrected chi connectivity index (χ1v) is 2.00. The van der Waals surface area contributed by atoms with Gasteiger partial charge in [-0.05, 0) is 0 Å². The molecule has 0 fully saturated rings. The molecule has 0 saturated carbocycles. The van der Waals surface area contributed by atoms with Gasteiger partial charge in [-0.15, -0.1) is 0 Å². The molecule has 4 nitrogen and oxygen atoms in total. The molecule has 7 heavy (non-hydrogen) atoms. The molecule has 34 valence electrons. The van der Waals surface area contributed by atoms with Crippen LogP contribution in [-0.4, -0.2) is 34.9 Å². The third-order valence-corrected chi connectivity index (χ3v) is 0. The Morgan fingerprint density at radius 2 is 1.14 bits per heavy atom. The summed E-state index contributed by atoms with van der Waals surface area (Å²) in [5.41, 5.74) is 0. The van der Waals surface area contributed by atoms with Crippen molar-refractivity contribution in [3.63, 3.8) is 0 Å². The summed E-state index contributed by atoms with van der Waals surface area (Å²) in [6.07, 6.45) is 0. The van der Waals surface area contributed by atoms with Crippen LogP contribution in [0.5, 0.6) is 0 Å². The van der Waals surface area contributed by atoms with Gasteiger partial charge in [-0.3, -0.25) is 8.42 Å². The molecule has 0 unspecified atom stereocenters. The van der Waals surface area contributed by atoms with Crippen LogP contribution in [-0.2, 0) is 32.1 Å². The van der Waals surface area contributed by atoms with Crippen LogP contribution in [0.25, 0.3) is 0 Å². The molecule has 0 bridgehead atoms. The van der Waals surface area contributed by atoms with Crippen LogP contribution in [0.4, 0.5) is 0 Å². The van der Waals surface area contributed by atoms with Gasteiger partial charge in [-0.25, -0.2) is 0 Å². The zero-order valence-corrected chi connectivity index (χ0v) is 6.65. The first-order valence-electron chi connectivity index (χ1n) is 0.667. The minimum atomic E-state index is -5.17. The molecule has 0 atom stereocenters. The number of rotatable bonds is 0. The molecule has 0 aliphatic rings. The van der Waals surface area contributed by atoms with Crippen molar-refractivity contribution in [1.29, 1.82) is 0 Å². The predicted octanol–water partition coefficient (Wildman–Crippen LogP) is -1.72. The van der Waals surface area contributed by atoms with Gasteiger partial charge in [0.05, 0.1) is 0 Å². The fourth-order valence-electron chi connectivity index (χ4n) is 0. The monoisotopic (exact) mass is 171 g/mol. The standard InChI is InChI=1S/Al.H2O4S.Ti/c;1-5(2,3)4;/h;(H2,1,2,3,4);/q+3;;+2/p-2. The summed E-state index contributed by atoms with van der Waals surface area (Å²) in [6.45, 7) is 0. The SMILES string of the molecule is O=S(=O)([O-])[O-].[Al+3].[Ti+2]. The van der Waals surface area contributed by atoms with Crippen LogP contribution in [0, 0.1) is 0 Å². The van der Waals surface area contributed by atoms with Gasteiger partial charge in [0.25, 0.3) is 0 Å². The second-order valence-corrected chi connectivity index (χ2v) is 1.22. The second kappa shape index (κ2) is 5.26. The molecule has 0 amide bonds. The first kappa shape index (κ1) is 15.7. The quantitative estimate of drug-likeness (QED) is 0.246. The Hall–Kier alpha value is 1.12. The van der Waals surface area contributed by atoms with E-state index in [-0.39, 0.29) is 39.1 Å². The van der Waals surface area contributed by atoms with Gasteiger partial charge >= 0.3 is 39.1 Å². The van der Waals surface area contributed by atoms with Crippen molar-refractivity contribution in [2.75, 3.05) is 0 Å². The Labute approximate surface area is 66.9 Å². The van der Waals surface area contributed by atoms with E-state index in [2.05, 4.69) is 0 Å². The summed E-state index contributed by atoms with van der Waals surface area (Å²) in [4.78, 5) is 0. The molecule has 0 heterocycles. The topological polar surface area (TPSA) is 80.3 Å². The Balaban J connectivity index is -0.0000000800. The van der Waals surface area contributed by atoms with Crippen molar-refractivity contribution in [3.8, 4) is 0 Å². The minimum absolute atomic E-state index is 0. The fourth-order valence-corrected chi connectivity index (χ4v) is 0. The largest absolute Gasteiger partial charge is 3.00 e. The van der Waals surface area contributed by atoms with Crippen LogP contribution >= 0.6 is 0 Å². The van der Waals surface area contributed by atoms with Crippen LogP contribution in [0.1, 0.15) is 0 Å². The fraction of sp³-hybridized carbons (Fsp3) is 0. The molecule has 0 aliphatic carbocycles. The van der Waals surface area contributed by atoms with Crippen molar-refractivity contribution in [2.24, 2.45) is 0 Å². The zero-order valence-electron chi connectivity index (χ0n) is 3.12. The molecule has 7 heteroatoms. The molecule has 0 aliphatic heterocycles. The first-order chi connectivity index (χ1) is 2.00. The molecule has 0 rings (SSSR count). The average molecular weight is 171 g/mol. The van der Waals surface area contributed by atoms with Crippen LogP contribution in [0.2, 0.25) is 0 Å². The maximum Gasteiger partial charge on any atom is 3.00 e. The van der Waals surface area contributed by atoms with E-state index in [1.165, 1.54) is 0 Å². The van der Waals surface area contributed by atoms with Crippen molar-refractivity contribution >= 4 is 27.8 Å². The third-order valence-electron chi connectivity index (χ3n) is 0. The van der Waals surface area contributed by atoms with E-state index >= 15 is 0 Å². The molecule has 0 radical (unpaired) electrons. The second-order valence-electron chi connectivity index (χ2n) is 0.408. The smallest absolute Gasteiger partial charge is 0.759 e. The molecule has 0 saturated heterocycles. The average Bonchev–Trinajstić information content (AvgIpc) is 0.722. The van der Waals surface area contributed by atoms with Crippen molar-refractivity contribution in [3.05, 3.63) is 0 Å². The third kappa shape index (κ3) is 149. The molecule has 0 aromatic carbocycles. The molecule has 0 aromatic heterocycles. The normalized spacial score (nSPS) is 8.29. The van der Waals surface area contributed by atoms with Crippen molar-refractivity contribution in [2.45, 2.75) is 0 Å². The number of hydrogen-bond donors (Lipinski definition) is 0. The summed E-state index contributed by atoms with van der Waals surface area (Å²) in [7, 11) is -5.17.